The van der Waals surface area contributed by atoms with Crippen molar-refractivity contribution in [1.82, 2.24) is 74.5 Å². The summed E-state index contributed by atoms with van der Waals surface area (Å²) in [7, 11) is 4.36. The first-order chi connectivity index (χ1) is 36.9. The molecule has 15 nitrogen and oxygen atoms in total. The highest BCUT2D eigenvalue weighted by atomic mass is 15.2. The van der Waals surface area contributed by atoms with Crippen molar-refractivity contribution in [3.63, 3.8) is 0 Å². The van der Waals surface area contributed by atoms with E-state index >= 15 is 0 Å². The number of pyridine rings is 3. The molecule has 9 aromatic heterocycles. The first-order valence-corrected chi connectivity index (χ1v) is 27.0. The van der Waals surface area contributed by atoms with E-state index in [1.54, 1.807) is 0 Å². The Morgan fingerprint density at radius 2 is 0.961 bits per heavy atom. The maximum Gasteiger partial charge on any atom is 0.178 e. The minimum atomic E-state index is 0.0338. The zero-order valence-electron chi connectivity index (χ0n) is 46.2. The van der Waals surface area contributed by atoms with Crippen molar-refractivity contribution >= 4 is 66.2 Å². The van der Waals surface area contributed by atoms with Crippen LogP contribution >= 0.6 is 0 Å². The third-order valence-electron chi connectivity index (χ3n) is 15.8. The van der Waals surface area contributed by atoms with Crippen molar-refractivity contribution in [3.05, 3.63) is 143 Å². The average Bonchev–Trinajstić information content (AvgIpc) is 4.39. The molecule has 12 rings (SSSR count). The fourth-order valence-corrected chi connectivity index (χ4v) is 10.7. The van der Waals surface area contributed by atoms with E-state index in [2.05, 4.69) is 193 Å². The third kappa shape index (κ3) is 9.68. The standard InChI is InChI=1S/C62H69N15/c1-12-77(13-2)34-37-16-19-46-41(23-37)27-50(69-46)53-42(30-64-59-56(53)66-35(3)67-59)29-52-72-57-54(49-25-39-17-14-38(24-47(39)70-49)33-76(11)62(7,8)9)43(31-65-60(57)74-52)28-51-71-55-44(20-21-63-58(55)73-51)48-26-40-22-36(15-18-45(40)68-48)32-75(10)61(4,5)6/h14-27,30-31,68-70H,12-13,28-29,32-34H2,1-11H3,(H,63,71,73)(H,64,66,67)(H,65,72,74). The Morgan fingerprint density at radius 1 is 0.468 bits per heavy atom. The van der Waals surface area contributed by atoms with Crippen LogP contribution in [0.15, 0.2) is 97.5 Å². The molecule has 0 unspecified atom stereocenters. The lowest BCUT2D eigenvalue weighted by atomic mass is 10.0. The first-order valence-electron chi connectivity index (χ1n) is 27.0. The number of aryl methyl sites for hydroxylation is 1. The molecule has 0 radical (unpaired) electrons. The van der Waals surface area contributed by atoms with Crippen LogP contribution in [-0.4, -0.2) is 113 Å². The van der Waals surface area contributed by atoms with Crippen molar-refractivity contribution in [2.75, 3.05) is 27.2 Å². The quantitative estimate of drug-likeness (QED) is 0.0582. The number of aromatic amines is 6. The van der Waals surface area contributed by atoms with Gasteiger partial charge in [0.1, 0.15) is 17.5 Å². The Bertz CT molecular complexity index is 4160. The molecule has 77 heavy (non-hydrogen) atoms. The molecule has 6 N–H and O–H groups in total. The summed E-state index contributed by atoms with van der Waals surface area (Å²) < 4.78 is 0. The molecule has 15 heteroatoms. The molecular formula is C62H69N15. The number of fused-ring (bicyclic) bond motifs is 6. The molecule has 12 aromatic rings. The van der Waals surface area contributed by atoms with Gasteiger partial charge < -0.3 is 29.9 Å². The zero-order valence-corrected chi connectivity index (χ0v) is 46.2. The molecule has 0 atom stereocenters. The fraction of sp³-hybridized carbons (Fsp3) is 0.323. The average molecular weight is 1020 g/mol. The van der Waals surface area contributed by atoms with Crippen LogP contribution in [-0.2, 0) is 32.5 Å². The SMILES string of the molecule is CCN(CC)Cc1ccc2[nH]c(-c3c(Cc4nc5ncc(Cc6nc7nccc(-c8cc9cc(CN(C)C(C)(C)C)ccc9[nH]8)c7[nH]6)c(-c6cc7ccc(CN(C)C(C)(C)C)cc7[nH]6)c5[nH]4)cnc4nc(C)[nH]c34)cc2c1. The van der Waals surface area contributed by atoms with Gasteiger partial charge in [-0.3, -0.25) is 14.7 Å². The smallest absolute Gasteiger partial charge is 0.178 e. The number of H-pyrrole nitrogens is 6. The largest absolute Gasteiger partial charge is 0.354 e. The summed E-state index contributed by atoms with van der Waals surface area (Å²) in [5, 5.41) is 3.46. The molecule has 0 aliphatic rings. The van der Waals surface area contributed by atoms with E-state index in [1.165, 1.54) is 22.1 Å². The highest BCUT2D eigenvalue weighted by Gasteiger charge is 2.24. The molecule has 392 valence electrons. The number of benzene rings is 3. The minimum absolute atomic E-state index is 0.0338. The third-order valence-corrected chi connectivity index (χ3v) is 15.8. The normalized spacial score (nSPS) is 12.8. The summed E-state index contributed by atoms with van der Waals surface area (Å²) in [4.78, 5) is 59.3. The van der Waals surface area contributed by atoms with E-state index in [9.17, 15) is 0 Å². The van der Waals surface area contributed by atoms with Gasteiger partial charge >= 0.3 is 0 Å². The summed E-state index contributed by atoms with van der Waals surface area (Å²) in [6, 6.07) is 28.9. The second kappa shape index (κ2) is 19.2. The molecule has 0 bridgehead atoms. The predicted octanol–water partition coefficient (Wildman–Crippen LogP) is 12.7. The molecule has 0 aliphatic heterocycles. The Balaban J connectivity index is 0.932. The van der Waals surface area contributed by atoms with Gasteiger partial charge in [-0.25, -0.2) is 29.9 Å². The maximum atomic E-state index is 5.22. The maximum absolute atomic E-state index is 5.22. The molecule has 0 saturated heterocycles. The van der Waals surface area contributed by atoms with E-state index in [0.717, 1.165) is 139 Å². The Morgan fingerprint density at radius 3 is 1.57 bits per heavy atom. The summed E-state index contributed by atoms with van der Waals surface area (Å²) in [6.45, 7) is 24.5. The molecular weight excluding hydrogens is 955 g/mol. The van der Waals surface area contributed by atoms with Gasteiger partial charge in [0.15, 0.2) is 16.9 Å². The van der Waals surface area contributed by atoms with Crippen LogP contribution in [0.4, 0.5) is 0 Å². The molecule has 3 aromatic carbocycles. The topological polar surface area (TPSA) is 182 Å². The first kappa shape index (κ1) is 49.9. The Labute approximate surface area is 448 Å². The molecule has 0 amide bonds. The van der Waals surface area contributed by atoms with Gasteiger partial charge in [-0.1, -0.05) is 38.1 Å². The number of hydrogen-bond donors (Lipinski definition) is 6. The molecule has 9 heterocycles. The minimum Gasteiger partial charge on any atom is -0.354 e. The lowest BCUT2D eigenvalue weighted by Crippen LogP contribution is -2.37. The summed E-state index contributed by atoms with van der Waals surface area (Å²) >= 11 is 0. The van der Waals surface area contributed by atoms with E-state index in [4.69, 9.17) is 29.9 Å². The highest BCUT2D eigenvalue weighted by molar-refractivity contribution is 5.98. The number of hydrogen-bond acceptors (Lipinski definition) is 9. The summed E-state index contributed by atoms with van der Waals surface area (Å²) in [6.07, 6.45) is 6.69. The van der Waals surface area contributed by atoms with Crippen molar-refractivity contribution in [3.8, 4) is 33.8 Å². The number of imidazole rings is 3. The molecule has 0 aliphatic carbocycles. The lowest BCUT2D eigenvalue weighted by molar-refractivity contribution is 0.167. The van der Waals surface area contributed by atoms with Gasteiger partial charge in [0.05, 0.1) is 16.6 Å². The van der Waals surface area contributed by atoms with Crippen molar-refractivity contribution < 1.29 is 0 Å². The van der Waals surface area contributed by atoms with Gasteiger partial charge in [0, 0.05) is 129 Å². The van der Waals surface area contributed by atoms with Gasteiger partial charge in [0.2, 0.25) is 0 Å². The Hall–Kier alpha value is -7.98. The monoisotopic (exact) mass is 1020 g/mol. The van der Waals surface area contributed by atoms with Gasteiger partial charge in [0.25, 0.3) is 0 Å². The molecule has 0 saturated carbocycles. The fourth-order valence-electron chi connectivity index (χ4n) is 10.7. The summed E-state index contributed by atoms with van der Waals surface area (Å²) in [5.41, 5.74) is 19.7. The van der Waals surface area contributed by atoms with E-state index < -0.39 is 0 Å². The van der Waals surface area contributed by atoms with Crippen LogP contribution in [0.25, 0.3) is 100.0 Å². The van der Waals surface area contributed by atoms with Crippen molar-refractivity contribution in [2.24, 2.45) is 0 Å². The van der Waals surface area contributed by atoms with Crippen LogP contribution < -0.4 is 0 Å². The second-order valence-electron chi connectivity index (χ2n) is 23.1. The van der Waals surface area contributed by atoms with E-state index in [1.807, 2.05) is 25.5 Å². The van der Waals surface area contributed by atoms with Gasteiger partial charge in [-0.15, -0.1) is 0 Å². The van der Waals surface area contributed by atoms with Crippen LogP contribution in [0.2, 0.25) is 0 Å². The van der Waals surface area contributed by atoms with Crippen LogP contribution in [0, 0.1) is 6.92 Å². The molecule has 0 spiro atoms. The lowest BCUT2D eigenvalue weighted by Gasteiger charge is -2.31. The van der Waals surface area contributed by atoms with Gasteiger partial charge in [-0.2, -0.15) is 0 Å². The zero-order chi connectivity index (χ0) is 53.5. The van der Waals surface area contributed by atoms with Crippen LogP contribution in [0.1, 0.15) is 101 Å². The second-order valence-corrected chi connectivity index (χ2v) is 23.1. The van der Waals surface area contributed by atoms with Crippen LogP contribution in [0.5, 0.6) is 0 Å². The van der Waals surface area contributed by atoms with E-state index in [0.29, 0.717) is 29.8 Å². The number of nitrogens with zero attached hydrogens (tertiary/aromatic N) is 9. The summed E-state index contributed by atoms with van der Waals surface area (Å²) in [5.74, 6) is 2.37. The number of rotatable bonds is 15. The van der Waals surface area contributed by atoms with Crippen molar-refractivity contribution in [2.45, 2.75) is 106 Å². The number of nitrogens with one attached hydrogen (secondary N) is 6. The number of aromatic nitrogens is 12. The van der Waals surface area contributed by atoms with E-state index in [-0.39, 0.29) is 11.1 Å². The Kier molecular flexibility index (Phi) is 12.5. The van der Waals surface area contributed by atoms with Crippen molar-refractivity contribution in [1.29, 1.82) is 0 Å². The van der Waals surface area contributed by atoms with Gasteiger partial charge in [-0.05, 0) is 158 Å². The highest BCUT2D eigenvalue weighted by Crippen LogP contribution is 2.38. The van der Waals surface area contributed by atoms with Crippen LogP contribution in [0.3, 0.4) is 0 Å². The molecule has 0 fully saturated rings. The predicted molar refractivity (Wildman–Crippen MR) is 313 cm³/mol.